The molecule has 164 valence electrons. The average Bonchev–Trinajstić information content (AvgIpc) is 3.47. The van der Waals surface area contributed by atoms with Crippen LogP contribution < -0.4 is 4.74 Å². The Bertz CT molecular complexity index is 1220. The Hall–Kier alpha value is -3.53. The molecule has 2 aromatic carbocycles. The maximum Gasteiger partial charge on any atom is 0.416 e. The zero-order valence-electron chi connectivity index (χ0n) is 16.7. The van der Waals surface area contributed by atoms with E-state index in [4.69, 9.17) is 9.15 Å². The summed E-state index contributed by atoms with van der Waals surface area (Å²) in [5.74, 6) is 1.04. The summed E-state index contributed by atoms with van der Waals surface area (Å²) in [6, 6.07) is 14.7. The van der Waals surface area contributed by atoms with Gasteiger partial charge in [-0.05, 0) is 54.6 Å². The number of carbonyl (C=O) groups excluding carboxylic acids is 1. The lowest BCUT2D eigenvalue weighted by molar-refractivity contribution is -0.137. The SMILES string of the molecule is COc1ccc(C(=O)CSc2nnc(-c3ccco3)n2-c2cccc(C(F)(F)F)c2)cc1. The Labute approximate surface area is 185 Å². The molecule has 2 heterocycles. The van der Waals surface area contributed by atoms with Crippen LogP contribution in [0.25, 0.3) is 17.3 Å². The van der Waals surface area contributed by atoms with Crippen LogP contribution in [0.15, 0.2) is 76.5 Å². The maximum absolute atomic E-state index is 13.3. The lowest BCUT2D eigenvalue weighted by Crippen LogP contribution is -2.08. The fourth-order valence-electron chi connectivity index (χ4n) is 2.97. The number of carbonyl (C=O) groups is 1. The number of Topliss-reactive ketones (excluding diaryl/α,β-unsaturated/α-hetero) is 1. The molecule has 0 atom stereocenters. The van der Waals surface area contributed by atoms with Crippen molar-refractivity contribution in [3.8, 4) is 23.0 Å². The summed E-state index contributed by atoms with van der Waals surface area (Å²) >= 11 is 1.07. The third-order valence-corrected chi connectivity index (χ3v) is 5.48. The number of hydrogen-bond donors (Lipinski definition) is 0. The summed E-state index contributed by atoms with van der Waals surface area (Å²) < 4.78 is 51.7. The number of thioether (sulfide) groups is 1. The largest absolute Gasteiger partial charge is 0.497 e. The molecule has 0 fully saturated rings. The van der Waals surface area contributed by atoms with E-state index in [1.54, 1.807) is 36.4 Å². The minimum absolute atomic E-state index is 0.0155. The Morgan fingerprint density at radius 3 is 2.53 bits per heavy atom. The third-order valence-electron chi connectivity index (χ3n) is 4.55. The van der Waals surface area contributed by atoms with E-state index in [1.165, 1.54) is 30.1 Å². The van der Waals surface area contributed by atoms with Gasteiger partial charge in [0.05, 0.1) is 30.4 Å². The van der Waals surface area contributed by atoms with E-state index >= 15 is 0 Å². The number of ether oxygens (including phenoxy) is 1. The van der Waals surface area contributed by atoms with Crippen molar-refractivity contribution in [1.29, 1.82) is 0 Å². The number of aromatic nitrogens is 3. The van der Waals surface area contributed by atoms with Crippen LogP contribution in [0.1, 0.15) is 15.9 Å². The van der Waals surface area contributed by atoms with E-state index in [9.17, 15) is 18.0 Å². The first-order valence-corrected chi connectivity index (χ1v) is 10.3. The minimum Gasteiger partial charge on any atom is -0.497 e. The lowest BCUT2D eigenvalue weighted by Gasteiger charge is -2.12. The zero-order chi connectivity index (χ0) is 22.7. The fraction of sp³-hybridized carbons (Fsp3) is 0.136. The van der Waals surface area contributed by atoms with Gasteiger partial charge in [-0.2, -0.15) is 13.2 Å². The van der Waals surface area contributed by atoms with E-state index in [1.807, 2.05) is 0 Å². The molecule has 0 aliphatic carbocycles. The molecule has 0 radical (unpaired) electrons. The molecule has 4 aromatic rings. The molecule has 0 bridgehead atoms. The number of furan rings is 1. The van der Waals surface area contributed by atoms with Gasteiger partial charge in [-0.1, -0.05) is 17.8 Å². The second kappa shape index (κ2) is 8.91. The number of methoxy groups -OCH3 is 1. The Kier molecular flexibility index (Phi) is 6.04. The first-order valence-electron chi connectivity index (χ1n) is 9.34. The molecular formula is C22H16F3N3O3S. The van der Waals surface area contributed by atoms with Gasteiger partial charge >= 0.3 is 6.18 Å². The van der Waals surface area contributed by atoms with Crippen LogP contribution in [-0.2, 0) is 6.18 Å². The van der Waals surface area contributed by atoms with Crippen LogP contribution in [-0.4, -0.2) is 33.4 Å². The first kappa shape index (κ1) is 21.7. The average molecular weight is 459 g/mol. The van der Waals surface area contributed by atoms with Crippen molar-refractivity contribution in [3.05, 3.63) is 78.1 Å². The van der Waals surface area contributed by atoms with Gasteiger partial charge in [0.25, 0.3) is 0 Å². The van der Waals surface area contributed by atoms with Crippen LogP contribution in [0.3, 0.4) is 0 Å². The summed E-state index contributed by atoms with van der Waals surface area (Å²) in [5, 5.41) is 8.45. The molecule has 32 heavy (non-hydrogen) atoms. The second-order valence-corrected chi connectivity index (χ2v) is 7.55. The number of nitrogens with zero attached hydrogens (tertiary/aromatic N) is 3. The van der Waals surface area contributed by atoms with Crippen LogP contribution in [0.2, 0.25) is 0 Å². The molecule has 0 saturated heterocycles. The molecule has 0 aliphatic heterocycles. The van der Waals surface area contributed by atoms with Gasteiger partial charge in [0.15, 0.2) is 16.7 Å². The Balaban J connectivity index is 1.66. The molecule has 10 heteroatoms. The van der Waals surface area contributed by atoms with Crippen LogP contribution in [0, 0.1) is 0 Å². The predicted octanol–water partition coefficient (Wildman–Crippen LogP) is 5.53. The summed E-state index contributed by atoms with van der Waals surface area (Å²) in [5.41, 5.74) is -0.121. The minimum atomic E-state index is -4.51. The van der Waals surface area contributed by atoms with Gasteiger partial charge in [-0.15, -0.1) is 10.2 Å². The molecule has 6 nitrogen and oxygen atoms in total. The van der Waals surface area contributed by atoms with Gasteiger partial charge in [0.2, 0.25) is 5.82 Å². The Morgan fingerprint density at radius 1 is 1.09 bits per heavy atom. The van der Waals surface area contributed by atoms with Crippen LogP contribution in [0.5, 0.6) is 5.75 Å². The van der Waals surface area contributed by atoms with Crippen molar-refractivity contribution < 1.29 is 27.1 Å². The maximum atomic E-state index is 13.3. The van der Waals surface area contributed by atoms with Gasteiger partial charge < -0.3 is 9.15 Å². The van der Waals surface area contributed by atoms with E-state index in [0.717, 1.165) is 23.9 Å². The molecule has 0 aliphatic rings. The van der Waals surface area contributed by atoms with Gasteiger partial charge in [-0.3, -0.25) is 9.36 Å². The van der Waals surface area contributed by atoms with E-state index in [2.05, 4.69) is 10.2 Å². The standard InChI is InChI=1S/C22H16F3N3O3S/c1-30-17-9-7-14(8-10-17)18(29)13-32-21-27-26-20(19-6-3-11-31-19)28(21)16-5-2-4-15(12-16)22(23,24)25/h2-12H,13H2,1H3. The van der Waals surface area contributed by atoms with Crippen LogP contribution >= 0.6 is 11.8 Å². The summed E-state index contributed by atoms with van der Waals surface area (Å²) in [6.45, 7) is 0. The van der Waals surface area contributed by atoms with Gasteiger partial charge in [-0.25, -0.2) is 0 Å². The summed E-state index contributed by atoms with van der Waals surface area (Å²) in [7, 11) is 1.53. The van der Waals surface area contributed by atoms with Gasteiger partial charge in [0, 0.05) is 5.56 Å². The fourth-order valence-corrected chi connectivity index (χ4v) is 3.82. The smallest absolute Gasteiger partial charge is 0.416 e. The summed E-state index contributed by atoms with van der Waals surface area (Å²) in [6.07, 6.45) is -3.08. The van der Waals surface area contributed by atoms with Crippen molar-refractivity contribution >= 4 is 17.5 Å². The second-order valence-electron chi connectivity index (χ2n) is 6.61. The zero-order valence-corrected chi connectivity index (χ0v) is 17.5. The molecule has 0 amide bonds. The molecule has 0 unspecified atom stereocenters. The number of halogens is 3. The highest BCUT2D eigenvalue weighted by atomic mass is 32.2. The molecule has 0 saturated carbocycles. The van der Waals surface area contributed by atoms with Gasteiger partial charge in [0.1, 0.15) is 5.75 Å². The first-order chi connectivity index (χ1) is 15.4. The lowest BCUT2D eigenvalue weighted by atomic mass is 10.1. The Morgan fingerprint density at radius 2 is 1.88 bits per heavy atom. The van der Waals surface area contributed by atoms with Crippen molar-refractivity contribution in [2.75, 3.05) is 12.9 Å². The van der Waals surface area contributed by atoms with Crippen LogP contribution in [0.4, 0.5) is 13.2 Å². The van der Waals surface area contributed by atoms with Crippen molar-refractivity contribution in [3.63, 3.8) is 0 Å². The quantitative estimate of drug-likeness (QED) is 0.267. The number of alkyl halides is 3. The van der Waals surface area contributed by atoms with E-state index < -0.39 is 11.7 Å². The van der Waals surface area contributed by atoms with E-state index in [0.29, 0.717) is 17.1 Å². The van der Waals surface area contributed by atoms with Crippen molar-refractivity contribution in [1.82, 2.24) is 14.8 Å². The third kappa shape index (κ3) is 4.54. The highest BCUT2D eigenvalue weighted by Gasteiger charge is 2.31. The molecule has 2 aromatic heterocycles. The molecule has 4 rings (SSSR count). The number of rotatable bonds is 7. The predicted molar refractivity (Wildman–Crippen MR) is 112 cm³/mol. The highest BCUT2D eigenvalue weighted by Crippen LogP contribution is 2.33. The number of ketones is 1. The normalized spacial score (nSPS) is 11.5. The molecular weight excluding hydrogens is 443 g/mol. The highest BCUT2D eigenvalue weighted by molar-refractivity contribution is 7.99. The van der Waals surface area contributed by atoms with Crippen molar-refractivity contribution in [2.24, 2.45) is 0 Å². The summed E-state index contributed by atoms with van der Waals surface area (Å²) in [4.78, 5) is 12.6. The molecule has 0 spiro atoms. The van der Waals surface area contributed by atoms with E-state index in [-0.39, 0.29) is 28.2 Å². The monoisotopic (exact) mass is 459 g/mol. The van der Waals surface area contributed by atoms with Crippen molar-refractivity contribution in [2.45, 2.75) is 11.3 Å². The topological polar surface area (TPSA) is 70.2 Å². The number of benzene rings is 2. The number of hydrogen-bond acceptors (Lipinski definition) is 6. The molecule has 0 N–H and O–H groups in total.